The third-order valence-electron chi connectivity index (χ3n) is 4.09. The second-order valence-electron chi connectivity index (χ2n) is 6.66. The van der Waals surface area contributed by atoms with Gasteiger partial charge in [0, 0.05) is 44.3 Å². The number of hydrogen-bond acceptors (Lipinski definition) is 3. The minimum Gasteiger partial charge on any atom is -0.481 e. The van der Waals surface area contributed by atoms with E-state index in [0.717, 1.165) is 13.1 Å². The molecule has 122 valence electrons. The van der Waals surface area contributed by atoms with Crippen LogP contribution in [0.3, 0.4) is 0 Å². The first-order valence-electron chi connectivity index (χ1n) is 7.69. The summed E-state index contributed by atoms with van der Waals surface area (Å²) in [4.78, 5) is 29.2. The van der Waals surface area contributed by atoms with Gasteiger partial charge in [-0.15, -0.1) is 0 Å². The molecular formula is C15H29N3O3. The summed E-state index contributed by atoms with van der Waals surface area (Å²) in [5, 5.41) is 8.89. The summed E-state index contributed by atoms with van der Waals surface area (Å²) in [6.07, 6.45) is -0.0124. The second-order valence-corrected chi connectivity index (χ2v) is 6.66. The van der Waals surface area contributed by atoms with Crippen LogP contribution < -0.4 is 0 Å². The van der Waals surface area contributed by atoms with Crippen LogP contribution in [0.25, 0.3) is 0 Å². The van der Waals surface area contributed by atoms with E-state index >= 15 is 0 Å². The van der Waals surface area contributed by atoms with Gasteiger partial charge in [-0.25, -0.2) is 4.79 Å². The van der Waals surface area contributed by atoms with Gasteiger partial charge in [-0.05, 0) is 34.6 Å². The number of rotatable bonds is 4. The van der Waals surface area contributed by atoms with Crippen molar-refractivity contribution in [3.8, 4) is 0 Å². The Morgan fingerprint density at radius 1 is 1.19 bits per heavy atom. The Morgan fingerprint density at radius 2 is 1.71 bits per heavy atom. The number of aliphatic carboxylic acids is 1. The Balaban J connectivity index is 2.61. The summed E-state index contributed by atoms with van der Waals surface area (Å²) in [5.41, 5.74) is 0.121. The van der Waals surface area contributed by atoms with E-state index in [4.69, 9.17) is 5.11 Å². The van der Waals surface area contributed by atoms with Crippen molar-refractivity contribution >= 4 is 12.0 Å². The van der Waals surface area contributed by atoms with Gasteiger partial charge in [-0.2, -0.15) is 0 Å². The number of hydrogen-bond donors (Lipinski definition) is 1. The molecule has 6 nitrogen and oxygen atoms in total. The number of carbonyl (C=O) groups is 2. The lowest BCUT2D eigenvalue weighted by molar-refractivity contribution is -0.138. The molecule has 1 unspecified atom stereocenters. The Labute approximate surface area is 127 Å². The summed E-state index contributed by atoms with van der Waals surface area (Å²) >= 11 is 0. The van der Waals surface area contributed by atoms with E-state index in [0.29, 0.717) is 19.6 Å². The van der Waals surface area contributed by atoms with Gasteiger partial charge in [0.2, 0.25) is 0 Å². The van der Waals surface area contributed by atoms with Crippen molar-refractivity contribution < 1.29 is 14.7 Å². The van der Waals surface area contributed by atoms with Gasteiger partial charge in [0.1, 0.15) is 0 Å². The molecule has 0 aromatic heterocycles. The molecule has 0 bridgehead atoms. The molecule has 1 fully saturated rings. The number of carboxylic acid groups (broad SMARTS) is 1. The average Bonchev–Trinajstić information content (AvgIpc) is 2.37. The number of nitrogens with zero attached hydrogens (tertiary/aromatic N) is 3. The maximum absolute atomic E-state index is 12.5. The van der Waals surface area contributed by atoms with Gasteiger partial charge < -0.3 is 14.9 Å². The van der Waals surface area contributed by atoms with Gasteiger partial charge in [0.25, 0.3) is 0 Å². The van der Waals surface area contributed by atoms with Gasteiger partial charge >= 0.3 is 12.0 Å². The van der Waals surface area contributed by atoms with Crippen molar-refractivity contribution in [2.24, 2.45) is 0 Å². The third kappa shape index (κ3) is 4.88. The zero-order valence-electron chi connectivity index (χ0n) is 13.9. The topological polar surface area (TPSA) is 64.1 Å². The quantitative estimate of drug-likeness (QED) is 0.858. The lowest BCUT2D eigenvalue weighted by Gasteiger charge is -2.43. The largest absolute Gasteiger partial charge is 0.481 e. The molecular weight excluding hydrogens is 270 g/mol. The van der Waals surface area contributed by atoms with Crippen molar-refractivity contribution in [2.45, 2.75) is 52.6 Å². The molecule has 1 aliphatic heterocycles. The predicted molar refractivity (Wildman–Crippen MR) is 82.4 cm³/mol. The highest BCUT2D eigenvalue weighted by molar-refractivity contribution is 5.76. The van der Waals surface area contributed by atoms with E-state index in [9.17, 15) is 9.59 Å². The number of carbonyl (C=O) groups excluding carboxylic acids is 1. The fourth-order valence-corrected chi connectivity index (χ4v) is 2.75. The zero-order chi connectivity index (χ0) is 16.2. The summed E-state index contributed by atoms with van der Waals surface area (Å²) in [7, 11) is 0. The highest BCUT2D eigenvalue weighted by Crippen LogP contribution is 2.17. The second kappa shape index (κ2) is 7.11. The van der Waals surface area contributed by atoms with Crippen LogP contribution in [0, 0.1) is 0 Å². The molecule has 1 N–H and O–H groups in total. The van der Waals surface area contributed by atoms with Crippen LogP contribution in [0.4, 0.5) is 4.79 Å². The number of urea groups is 1. The molecule has 0 aromatic rings. The van der Waals surface area contributed by atoms with Crippen LogP contribution in [-0.4, -0.2) is 76.1 Å². The molecule has 0 saturated carbocycles. The molecule has 0 radical (unpaired) electrons. The highest BCUT2D eigenvalue weighted by atomic mass is 16.4. The maximum atomic E-state index is 12.5. The summed E-state index contributed by atoms with van der Waals surface area (Å²) in [5.74, 6) is -0.869. The van der Waals surface area contributed by atoms with E-state index in [1.165, 1.54) is 0 Å². The third-order valence-corrected chi connectivity index (χ3v) is 4.09. The van der Waals surface area contributed by atoms with Gasteiger partial charge in [-0.1, -0.05) is 0 Å². The van der Waals surface area contributed by atoms with Gasteiger partial charge in [0.15, 0.2) is 0 Å². The summed E-state index contributed by atoms with van der Waals surface area (Å²) in [6, 6.07) is -0.319. The Hall–Kier alpha value is -1.30. The smallest absolute Gasteiger partial charge is 0.320 e. The molecule has 1 heterocycles. The lowest BCUT2D eigenvalue weighted by Crippen LogP contribution is -2.57. The molecule has 0 aromatic carbocycles. The van der Waals surface area contributed by atoms with Crippen LogP contribution in [0.15, 0.2) is 0 Å². The van der Waals surface area contributed by atoms with Crippen LogP contribution >= 0.6 is 0 Å². The van der Waals surface area contributed by atoms with E-state index in [-0.39, 0.29) is 24.0 Å². The van der Waals surface area contributed by atoms with Crippen molar-refractivity contribution in [1.82, 2.24) is 14.7 Å². The number of piperazine rings is 1. The van der Waals surface area contributed by atoms with E-state index < -0.39 is 5.97 Å². The Kier molecular flexibility index (Phi) is 6.01. The van der Waals surface area contributed by atoms with Crippen molar-refractivity contribution in [3.05, 3.63) is 0 Å². The highest BCUT2D eigenvalue weighted by Gasteiger charge is 2.31. The van der Waals surface area contributed by atoms with E-state index in [2.05, 4.69) is 25.7 Å². The first kappa shape index (κ1) is 17.8. The monoisotopic (exact) mass is 299 g/mol. The molecule has 2 amide bonds. The van der Waals surface area contributed by atoms with Gasteiger partial charge in [-0.3, -0.25) is 9.69 Å². The normalized spacial score (nSPS) is 18.4. The Bertz CT molecular complexity index is 371. The molecule has 1 aliphatic rings. The molecule has 1 saturated heterocycles. The zero-order valence-corrected chi connectivity index (χ0v) is 13.9. The molecule has 6 heteroatoms. The van der Waals surface area contributed by atoms with Crippen LogP contribution in [0.2, 0.25) is 0 Å². The molecule has 21 heavy (non-hydrogen) atoms. The van der Waals surface area contributed by atoms with Crippen LogP contribution in [-0.2, 0) is 4.79 Å². The summed E-state index contributed by atoms with van der Waals surface area (Å²) < 4.78 is 0. The molecule has 1 rings (SSSR count). The summed E-state index contributed by atoms with van der Waals surface area (Å²) in [6.45, 7) is 13.9. The standard InChI is InChI=1S/C15H29N3O3/c1-6-18(12(2)11-13(19)20)14(21)16-7-9-17(10-8-16)15(3,4)5/h12H,6-11H2,1-5H3,(H,19,20). The first-order chi connectivity index (χ1) is 9.66. The van der Waals surface area contributed by atoms with E-state index in [1.807, 2.05) is 11.8 Å². The fraction of sp³-hybridized carbons (Fsp3) is 0.867. The first-order valence-corrected chi connectivity index (χ1v) is 7.69. The van der Waals surface area contributed by atoms with Crippen LogP contribution in [0.1, 0.15) is 41.0 Å². The van der Waals surface area contributed by atoms with Crippen molar-refractivity contribution in [2.75, 3.05) is 32.7 Å². The van der Waals surface area contributed by atoms with Gasteiger partial charge in [0.05, 0.1) is 6.42 Å². The minimum absolute atomic E-state index is 0.0124. The van der Waals surface area contributed by atoms with E-state index in [1.54, 1.807) is 11.8 Å². The fourth-order valence-electron chi connectivity index (χ4n) is 2.75. The maximum Gasteiger partial charge on any atom is 0.320 e. The predicted octanol–water partition coefficient (Wildman–Crippen LogP) is 1.71. The van der Waals surface area contributed by atoms with Crippen molar-refractivity contribution in [3.63, 3.8) is 0 Å². The molecule has 0 aliphatic carbocycles. The van der Waals surface area contributed by atoms with Crippen molar-refractivity contribution in [1.29, 1.82) is 0 Å². The number of amides is 2. The molecule has 0 spiro atoms. The SMILES string of the molecule is CCN(C(=O)N1CCN(C(C)(C)C)CC1)C(C)CC(=O)O. The number of carboxylic acids is 1. The lowest BCUT2D eigenvalue weighted by atomic mass is 10.1. The van der Waals surface area contributed by atoms with Crippen LogP contribution in [0.5, 0.6) is 0 Å². The Morgan fingerprint density at radius 3 is 2.10 bits per heavy atom. The minimum atomic E-state index is -0.869. The molecule has 1 atom stereocenters. The average molecular weight is 299 g/mol.